The Kier molecular flexibility index (Phi) is 10.3. The Labute approximate surface area is 271 Å². The summed E-state index contributed by atoms with van der Waals surface area (Å²) in [5.74, 6) is -0.941. The molecule has 0 aromatic carbocycles. The van der Waals surface area contributed by atoms with Crippen molar-refractivity contribution < 1.29 is 47.6 Å². The monoisotopic (exact) mass is 701 g/mol. The number of nitrogens with two attached hydrogens (primary N) is 1. The minimum Gasteiger partial charge on any atom is -0.454 e. The number of H-pyrrole nitrogens is 1. The van der Waals surface area contributed by atoms with Gasteiger partial charge in [-0.05, 0) is 20.8 Å². The first-order valence-corrected chi connectivity index (χ1v) is 17.5. The van der Waals surface area contributed by atoms with E-state index in [-0.39, 0.29) is 25.3 Å². The van der Waals surface area contributed by atoms with Gasteiger partial charge < -0.3 is 34.9 Å². The Bertz CT molecular complexity index is 1760. The minimum absolute atomic E-state index is 0.0352. The number of nitrogen functional groups attached to an aromatic ring is 1. The highest BCUT2D eigenvalue weighted by molar-refractivity contribution is 8.55. The van der Waals surface area contributed by atoms with Crippen molar-refractivity contribution in [2.75, 3.05) is 32.0 Å². The van der Waals surface area contributed by atoms with Gasteiger partial charge in [-0.25, -0.2) is 24.3 Å². The van der Waals surface area contributed by atoms with Crippen molar-refractivity contribution in [1.29, 1.82) is 0 Å². The van der Waals surface area contributed by atoms with Crippen molar-refractivity contribution in [3.05, 3.63) is 45.8 Å². The molecule has 5 N–H and O–H groups in total. The topological polar surface area (TPSA) is 254 Å². The second-order valence-electron chi connectivity index (χ2n) is 11.8. The lowest BCUT2D eigenvalue weighted by Crippen LogP contribution is -2.48. The van der Waals surface area contributed by atoms with Gasteiger partial charge in [-0.3, -0.25) is 32.8 Å². The first-order chi connectivity index (χ1) is 22.2. The summed E-state index contributed by atoms with van der Waals surface area (Å²) in [6, 6.07) is 1.11. The number of aliphatic hydroxyl groups excluding tert-OH is 2. The number of aromatic amines is 1. The molecule has 5 heterocycles. The third-order valence-corrected chi connectivity index (χ3v) is 10.8. The van der Waals surface area contributed by atoms with Crippen LogP contribution in [0, 0.1) is 5.41 Å². The second-order valence-corrected chi connectivity index (χ2v) is 15.7. The number of rotatable bonds is 12. The maximum atomic E-state index is 14.6. The lowest BCUT2D eigenvalue weighted by molar-refractivity contribution is -0.150. The zero-order valence-electron chi connectivity index (χ0n) is 25.9. The summed E-state index contributed by atoms with van der Waals surface area (Å²) in [7, 11) is 1.29. The largest absolute Gasteiger partial charge is 0.454 e. The number of esters is 1. The molecule has 258 valence electrons. The molecule has 0 saturated carbocycles. The number of nitrogens with one attached hydrogen (secondary N) is 1. The molecule has 19 nitrogen and oxygen atoms in total. The molecule has 2 aliphatic heterocycles. The summed E-state index contributed by atoms with van der Waals surface area (Å²) in [6.07, 6.45) is -2.50. The van der Waals surface area contributed by atoms with Crippen molar-refractivity contribution in [3.8, 4) is 0 Å². The molecule has 0 bridgehead atoms. The van der Waals surface area contributed by atoms with Gasteiger partial charge in [0.1, 0.15) is 41.8 Å². The SMILES string of the molecule is COC1[C@H](n2ccc(=O)[nH]c2=O)OCC1(CCO)OP(=O)(O[C@H]1O[C@@H](n2cnc3c(N)ncnc32)CC1O)SCOC(=O)C(C)(C)C. The number of fused-ring (bicyclic) bond motifs is 1. The molecular formula is C26H36N7O12PS. The molecule has 0 radical (unpaired) electrons. The van der Waals surface area contributed by atoms with Crippen LogP contribution in [-0.2, 0) is 37.4 Å². The number of aliphatic hydroxyl groups is 2. The van der Waals surface area contributed by atoms with E-state index in [4.69, 9.17) is 33.7 Å². The van der Waals surface area contributed by atoms with Crippen LogP contribution in [0.2, 0.25) is 0 Å². The molecule has 0 amide bonds. The summed E-state index contributed by atoms with van der Waals surface area (Å²) in [4.78, 5) is 51.2. The lowest BCUT2D eigenvalue weighted by Gasteiger charge is -2.36. The van der Waals surface area contributed by atoms with Gasteiger partial charge in [0.15, 0.2) is 24.0 Å². The highest BCUT2D eigenvalue weighted by atomic mass is 32.7. The van der Waals surface area contributed by atoms with Crippen LogP contribution in [0.25, 0.3) is 11.2 Å². The number of hydrogen-bond donors (Lipinski definition) is 4. The van der Waals surface area contributed by atoms with Crippen LogP contribution in [0.3, 0.4) is 0 Å². The Balaban J connectivity index is 1.44. The van der Waals surface area contributed by atoms with E-state index in [0.29, 0.717) is 22.5 Å². The van der Waals surface area contributed by atoms with E-state index in [9.17, 15) is 29.2 Å². The Morgan fingerprint density at radius 1 is 1.28 bits per heavy atom. The number of methoxy groups -OCH3 is 1. The molecule has 3 aromatic heterocycles. The number of imidazole rings is 1. The van der Waals surface area contributed by atoms with E-state index >= 15 is 0 Å². The maximum Gasteiger partial charge on any atom is 0.395 e. The smallest absolute Gasteiger partial charge is 0.395 e. The fraction of sp³-hybridized carbons (Fsp3) is 0.615. The number of ether oxygens (including phenoxy) is 4. The Hall–Kier alpha value is -3.20. The van der Waals surface area contributed by atoms with Crippen LogP contribution < -0.4 is 17.0 Å². The van der Waals surface area contributed by atoms with Crippen LogP contribution in [0.5, 0.6) is 0 Å². The van der Waals surface area contributed by atoms with Crippen LogP contribution in [0.1, 0.15) is 46.1 Å². The van der Waals surface area contributed by atoms with Crippen molar-refractivity contribution in [2.24, 2.45) is 5.41 Å². The van der Waals surface area contributed by atoms with E-state index in [1.807, 2.05) is 0 Å². The molecule has 21 heteroatoms. The highest BCUT2D eigenvalue weighted by Gasteiger charge is 2.57. The van der Waals surface area contributed by atoms with Crippen molar-refractivity contribution in [3.63, 3.8) is 0 Å². The quantitative estimate of drug-likeness (QED) is 0.115. The van der Waals surface area contributed by atoms with Gasteiger partial charge in [-0.15, -0.1) is 0 Å². The normalized spacial score (nSPS) is 27.7. The van der Waals surface area contributed by atoms with E-state index in [1.165, 1.54) is 30.5 Å². The fourth-order valence-electron chi connectivity index (χ4n) is 5.13. The molecule has 47 heavy (non-hydrogen) atoms. The van der Waals surface area contributed by atoms with Crippen molar-refractivity contribution >= 4 is 41.1 Å². The van der Waals surface area contributed by atoms with E-state index in [1.54, 1.807) is 20.8 Å². The van der Waals surface area contributed by atoms with Gasteiger partial charge in [0.2, 0.25) is 0 Å². The average molecular weight is 702 g/mol. The Morgan fingerprint density at radius 3 is 2.72 bits per heavy atom. The van der Waals surface area contributed by atoms with Gasteiger partial charge >= 0.3 is 18.5 Å². The van der Waals surface area contributed by atoms with E-state index in [0.717, 1.165) is 10.6 Å². The molecule has 7 atom stereocenters. The van der Waals surface area contributed by atoms with E-state index in [2.05, 4.69) is 19.9 Å². The third kappa shape index (κ3) is 7.30. The number of anilines is 1. The standard InChI is InChI=1S/C26H36N7O12PS/c1-25(2,3)23(37)42-13-47-46(39,44-22-14(35)9-16(43-22)33-12-30-17-19(27)28-11-29-20(17)33)45-26(6-8-34)10-41-21(18(26)40-4)32-7-5-15(36)31-24(32)38/h5,7,11-12,14,16,18,21-22,34-35H,6,8-10,13H2,1-4H3,(H2,27,28,29)(H,31,36,38)/t14?,16-,18?,21-,22-,26?,46?/m1/s1. The van der Waals surface area contributed by atoms with Crippen LogP contribution in [0.15, 0.2) is 34.5 Å². The number of aromatic nitrogens is 6. The number of nitrogens with zero attached hydrogens (tertiary/aromatic N) is 5. The lowest BCUT2D eigenvalue weighted by atomic mass is 9.95. The molecule has 2 saturated heterocycles. The number of hydrogen-bond acceptors (Lipinski definition) is 17. The molecular weight excluding hydrogens is 665 g/mol. The summed E-state index contributed by atoms with van der Waals surface area (Å²) in [5, 5.41) is 21.0. The molecule has 2 aliphatic rings. The molecule has 3 aromatic rings. The maximum absolute atomic E-state index is 14.6. The van der Waals surface area contributed by atoms with Gasteiger partial charge in [0, 0.05) is 50.2 Å². The summed E-state index contributed by atoms with van der Waals surface area (Å²) >= 11 is 0.498. The zero-order chi connectivity index (χ0) is 34.1. The molecule has 0 aliphatic carbocycles. The highest BCUT2D eigenvalue weighted by Crippen LogP contribution is 2.66. The summed E-state index contributed by atoms with van der Waals surface area (Å²) < 4.78 is 52.1. The summed E-state index contributed by atoms with van der Waals surface area (Å²) in [5.41, 5.74) is 2.51. The second kappa shape index (κ2) is 13.7. The van der Waals surface area contributed by atoms with Gasteiger partial charge in [-0.2, -0.15) is 0 Å². The van der Waals surface area contributed by atoms with Crippen molar-refractivity contribution in [1.82, 2.24) is 29.1 Å². The molecule has 2 fully saturated rings. The molecule has 4 unspecified atom stereocenters. The molecule has 5 rings (SSSR count). The first kappa shape index (κ1) is 35.1. The molecule has 0 spiro atoms. The minimum atomic E-state index is -4.54. The van der Waals surface area contributed by atoms with Gasteiger partial charge in [-0.1, -0.05) is 0 Å². The van der Waals surface area contributed by atoms with Crippen molar-refractivity contribution in [2.45, 2.75) is 70.2 Å². The fourth-order valence-corrected chi connectivity index (χ4v) is 8.30. The predicted molar refractivity (Wildman–Crippen MR) is 164 cm³/mol. The number of carbonyl (C=O) groups is 1. The van der Waals surface area contributed by atoms with Crippen LogP contribution in [0.4, 0.5) is 5.82 Å². The zero-order valence-corrected chi connectivity index (χ0v) is 27.6. The third-order valence-electron chi connectivity index (χ3n) is 7.48. The predicted octanol–water partition coefficient (Wildman–Crippen LogP) is 0.651. The van der Waals surface area contributed by atoms with Crippen LogP contribution in [-0.4, -0.2) is 95.6 Å². The van der Waals surface area contributed by atoms with Gasteiger partial charge in [0.25, 0.3) is 5.56 Å². The first-order valence-electron chi connectivity index (χ1n) is 14.3. The van der Waals surface area contributed by atoms with Crippen LogP contribution >= 0.6 is 18.2 Å². The average Bonchev–Trinajstić information content (AvgIpc) is 3.68. The number of carbonyl (C=O) groups excluding carboxylic acids is 1. The van der Waals surface area contributed by atoms with Gasteiger partial charge in [0.05, 0.1) is 18.3 Å². The van der Waals surface area contributed by atoms with E-state index < -0.39 is 78.5 Å². The summed E-state index contributed by atoms with van der Waals surface area (Å²) in [6.45, 7) is -0.463. The Morgan fingerprint density at radius 2 is 2.04 bits per heavy atom.